The van der Waals surface area contributed by atoms with Crippen LogP contribution in [0.2, 0.25) is 5.02 Å². The van der Waals surface area contributed by atoms with Gasteiger partial charge in [-0.1, -0.05) is 31.9 Å². The minimum atomic E-state index is 0.550. The minimum Gasteiger partial charge on any atom is -0.381 e. The third kappa shape index (κ3) is 3.03. The van der Waals surface area contributed by atoms with Crippen molar-refractivity contribution < 1.29 is 0 Å². The molecule has 18 heavy (non-hydrogen) atoms. The summed E-state index contributed by atoms with van der Waals surface area (Å²) in [6.07, 6.45) is 3.99. The number of nitrogens with one attached hydrogen (secondary N) is 1. The molecule has 0 aromatic heterocycles. The first-order chi connectivity index (χ1) is 8.49. The largest absolute Gasteiger partial charge is 0.381 e. The molecule has 0 heterocycles. The van der Waals surface area contributed by atoms with E-state index in [0.717, 1.165) is 32.6 Å². The molecule has 100 valence electrons. The molecule has 0 amide bonds. The highest BCUT2D eigenvalue weighted by Crippen LogP contribution is 2.35. The molecule has 0 radical (unpaired) electrons. The van der Waals surface area contributed by atoms with Gasteiger partial charge in [-0.15, -0.1) is 0 Å². The van der Waals surface area contributed by atoms with E-state index < -0.39 is 0 Å². The van der Waals surface area contributed by atoms with Crippen molar-refractivity contribution in [2.45, 2.75) is 46.1 Å². The second-order valence-electron chi connectivity index (χ2n) is 5.64. The summed E-state index contributed by atoms with van der Waals surface area (Å²) in [4.78, 5) is 0. The minimum absolute atomic E-state index is 0.550. The van der Waals surface area contributed by atoms with Crippen molar-refractivity contribution in [1.29, 1.82) is 0 Å². The van der Waals surface area contributed by atoms with Crippen LogP contribution in [0.1, 0.15) is 38.7 Å². The average Bonchev–Trinajstić information content (AvgIpc) is 2.30. The number of hydrogen-bond donors (Lipinski definition) is 1. The van der Waals surface area contributed by atoms with E-state index in [1.54, 1.807) is 0 Å². The van der Waals surface area contributed by atoms with Gasteiger partial charge >= 0.3 is 0 Å². The zero-order valence-corrected chi connectivity index (χ0v) is 13.6. The number of halogens is 2. The van der Waals surface area contributed by atoms with Crippen molar-refractivity contribution in [3.8, 4) is 0 Å². The van der Waals surface area contributed by atoms with E-state index >= 15 is 0 Å². The molecule has 1 aliphatic rings. The normalized spacial score (nSPS) is 28.2. The molecule has 3 heteroatoms. The summed E-state index contributed by atoms with van der Waals surface area (Å²) in [6, 6.07) is 4.67. The molecule has 1 nitrogen and oxygen atoms in total. The molecule has 0 aliphatic heterocycles. The molecule has 0 saturated heterocycles. The molecule has 2 rings (SSSR count). The Morgan fingerprint density at radius 1 is 1.22 bits per heavy atom. The number of hydrogen-bond acceptors (Lipinski definition) is 1. The lowest BCUT2D eigenvalue weighted by atomic mass is 9.78. The second kappa shape index (κ2) is 5.83. The van der Waals surface area contributed by atoms with Crippen LogP contribution in [-0.4, -0.2) is 6.04 Å². The fraction of sp³-hybridized carbons (Fsp3) is 0.600. The first kappa shape index (κ1) is 14.2. The quantitative estimate of drug-likeness (QED) is 0.739. The van der Waals surface area contributed by atoms with Gasteiger partial charge in [0.25, 0.3) is 0 Å². The maximum absolute atomic E-state index is 6.22. The lowest BCUT2D eigenvalue weighted by Crippen LogP contribution is -2.37. The monoisotopic (exact) mass is 329 g/mol. The van der Waals surface area contributed by atoms with Gasteiger partial charge in [0.15, 0.2) is 0 Å². The summed E-state index contributed by atoms with van der Waals surface area (Å²) in [7, 11) is 0. The molecule has 1 aliphatic carbocycles. The lowest BCUT2D eigenvalue weighted by molar-refractivity contribution is 0.268. The third-order valence-electron chi connectivity index (χ3n) is 4.12. The van der Waals surface area contributed by atoms with Gasteiger partial charge < -0.3 is 5.32 Å². The molecule has 2 atom stereocenters. The first-order valence-corrected chi connectivity index (χ1v) is 7.88. The van der Waals surface area contributed by atoms with Crippen LogP contribution in [0.25, 0.3) is 0 Å². The van der Waals surface area contributed by atoms with Gasteiger partial charge in [0.1, 0.15) is 0 Å². The van der Waals surface area contributed by atoms with Crippen LogP contribution in [0, 0.1) is 18.8 Å². The Morgan fingerprint density at radius 2 is 1.83 bits per heavy atom. The van der Waals surface area contributed by atoms with E-state index in [0.29, 0.717) is 6.04 Å². The molecule has 0 spiro atoms. The van der Waals surface area contributed by atoms with Crippen LogP contribution in [0.4, 0.5) is 5.69 Å². The predicted octanol–water partition coefficient (Wildman–Crippen LogP) is 5.65. The van der Waals surface area contributed by atoms with E-state index in [-0.39, 0.29) is 0 Å². The topological polar surface area (TPSA) is 12.0 Å². The second-order valence-corrected chi connectivity index (χ2v) is 6.90. The summed E-state index contributed by atoms with van der Waals surface area (Å²) >= 11 is 9.84. The highest BCUT2D eigenvalue weighted by atomic mass is 79.9. The molecular formula is C15H21BrClN. The van der Waals surface area contributed by atoms with Crippen molar-refractivity contribution in [2.75, 3.05) is 5.32 Å². The van der Waals surface area contributed by atoms with Gasteiger partial charge in [0.05, 0.1) is 5.69 Å². The molecular weight excluding hydrogens is 310 g/mol. The van der Waals surface area contributed by atoms with E-state index in [4.69, 9.17) is 11.6 Å². The van der Waals surface area contributed by atoms with Crippen molar-refractivity contribution in [1.82, 2.24) is 0 Å². The summed E-state index contributed by atoms with van der Waals surface area (Å²) in [5.74, 6) is 1.45. The van der Waals surface area contributed by atoms with Crippen LogP contribution >= 0.6 is 27.5 Å². The van der Waals surface area contributed by atoms with E-state index in [1.807, 2.05) is 13.0 Å². The Bertz CT molecular complexity index is 423. The fourth-order valence-corrected chi connectivity index (χ4v) is 3.64. The average molecular weight is 331 g/mol. The van der Waals surface area contributed by atoms with Crippen molar-refractivity contribution >= 4 is 33.2 Å². The van der Waals surface area contributed by atoms with Gasteiger partial charge in [-0.25, -0.2) is 0 Å². The molecule has 1 saturated carbocycles. The SMILES string of the molecule is Cc1cc(Br)c(NC2C(C)CCCC2C)cc1Cl. The smallest absolute Gasteiger partial charge is 0.0502 e. The van der Waals surface area contributed by atoms with Crippen LogP contribution < -0.4 is 5.32 Å². The molecule has 1 fully saturated rings. The Morgan fingerprint density at radius 3 is 2.44 bits per heavy atom. The van der Waals surface area contributed by atoms with Crippen molar-refractivity contribution in [2.24, 2.45) is 11.8 Å². The van der Waals surface area contributed by atoms with Gasteiger partial charge in [-0.05, 0) is 65.2 Å². The Hall–Kier alpha value is -0.210. The highest BCUT2D eigenvalue weighted by Gasteiger charge is 2.27. The fourth-order valence-electron chi connectivity index (χ4n) is 2.90. The van der Waals surface area contributed by atoms with Gasteiger partial charge in [0, 0.05) is 15.5 Å². The first-order valence-electron chi connectivity index (χ1n) is 6.71. The molecule has 2 unspecified atom stereocenters. The molecule has 0 bridgehead atoms. The number of aryl methyl sites for hydroxylation is 1. The van der Waals surface area contributed by atoms with Crippen LogP contribution in [-0.2, 0) is 0 Å². The van der Waals surface area contributed by atoms with E-state index in [1.165, 1.54) is 19.3 Å². The zero-order chi connectivity index (χ0) is 13.3. The Balaban J connectivity index is 2.20. The van der Waals surface area contributed by atoms with Crippen molar-refractivity contribution in [3.63, 3.8) is 0 Å². The van der Waals surface area contributed by atoms with Crippen LogP contribution in [0.15, 0.2) is 16.6 Å². The maximum atomic E-state index is 6.22. The number of benzene rings is 1. The molecule has 1 aromatic rings. The van der Waals surface area contributed by atoms with Crippen molar-refractivity contribution in [3.05, 3.63) is 27.2 Å². The van der Waals surface area contributed by atoms with Gasteiger partial charge in [-0.3, -0.25) is 0 Å². The molecule has 1 N–H and O–H groups in total. The van der Waals surface area contributed by atoms with E-state index in [9.17, 15) is 0 Å². The highest BCUT2D eigenvalue weighted by molar-refractivity contribution is 9.10. The van der Waals surface area contributed by atoms with Crippen LogP contribution in [0.5, 0.6) is 0 Å². The molecule has 1 aromatic carbocycles. The van der Waals surface area contributed by atoms with Crippen LogP contribution in [0.3, 0.4) is 0 Å². The summed E-state index contributed by atoms with van der Waals surface area (Å²) in [5.41, 5.74) is 2.23. The number of rotatable bonds is 2. The third-order valence-corrected chi connectivity index (χ3v) is 5.18. The lowest BCUT2D eigenvalue weighted by Gasteiger charge is -2.36. The van der Waals surface area contributed by atoms with Gasteiger partial charge in [0.2, 0.25) is 0 Å². The Kier molecular flexibility index (Phi) is 4.60. The summed E-state index contributed by atoms with van der Waals surface area (Å²) in [5, 5.41) is 4.52. The van der Waals surface area contributed by atoms with Gasteiger partial charge in [-0.2, -0.15) is 0 Å². The summed E-state index contributed by atoms with van der Waals surface area (Å²) in [6.45, 7) is 6.72. The summed E-state index contributed by atoms with van der Waals surface area (Å²) < 4.78 is 1.11. The zero-order valence-electron chi connectivity index (χ0n) is 11.3. The Labute approximate surface area is 123 Å². The standard InChI is InChI=1S/C15H21BrClN/c1-9-5-4-6-10(2)15(9)18-14-8-13(17)11(3)7-12(14)16/h7-10,15,18H,4-6H2,1-3H3. The predicted molar refractivity (Wildman–Crippen MR) is 83.5 cm³/mol. The maximum Gasteiger partial charge on any atom is 0.0502 e. The number of anilines is 1. The van der Waals surface area contributed by atoms with E-state index in [2.05, 4.69) is 41.2 Å².